The molecule has 2 amide bonds. The van der Waals surface area contributed by atoms with E-state index in [1.54, 1.807) is 26.8 Å². The van der Waals surface area contributed by atoms with E-state index in [2.05, 4.69) is 10.6 Å². The molecule has 0 radical (unpaired) electrons. The third kappa shape index (κ3) is 7.78. The van der Waals surface area contributed by atoms with E-state index in [1.165, 1.54) is 7.11 Å². The number of hydrogen-bond acceptors (Lipinski definition) is 7. The number of carbonyl (C=O) groups is 3. The minimum absolute atomic E-state index is 0.163. The number of aryl methyl sites for hydroxylation is 1. The number of carbonyl (C=O) groups excluding carboxylic acids is 3. The molecule has 1 aliphatic carbocycles. The molecule has 41 heavy (non-hydrogen) atoms. The summed E-state index contributed by atoms with van der Waals surface area (Å²) >= 11 is 0. The zero-order chi connectivity index (χ0) is 29.5. The lowest BCUT2D eigenvalue weighted by Crippen LogP contribution is -2.59. The number of amides is 2. The van der Waals surface area contributed by atoms with Crippen molar-refractivity contribution in [3.05, 3.63) is 95.1 Å². The zero-order valence-electron chi connectivity index (χ0n) is 23.8. The molecule has 1 atom stereocenters. The van der Waals surface area contributed by atoms with Crippen LogP contribution in [0.4, 0.5) is 9.59 Å². The second-order valence-corrected chi connectivity index (χ2v) is 10.9. The molecule has 0 saturated heterocycles. The van der Waals surface area contributed by atoms with E-state index in [9.17, 15) is 14.4 Å². The van der Waals surface area contributed by atoms with Crippen LogP contribution in [0.2, 0.25) is 0 Å². The standard InChI is InChI=1S/C32H36N2O7/c1-31(2,3)41-30(37)34-32(28(35)38-4)18-17-23-14-10-16-27(25(23)19-32)40-26-15-9-8-13-24(26)20-33-29(36)39-21-22-11-6-5-7-12-22/h5-16H,17-21H2,1-4H3,(H,33,36)(H,34,37)/t32-/m1/s1. The first-order chi connectivity index (χ1) is 19.6. The van der Waals surface area contributed by atoms with Crippen molar-refractivity contribution < 1.29 is 33.3 Å². The maximum atomic E-state index is 13.0. The molecule has 0 bridgehead atoms. The van der Waals surface area contributed by atoms with Crippen molar-refractivity contribution >= 4 is 18.2 Å². The molecule has 0 saturated carbocycles. The Bertz CT molecular complexity index is 1380. The third-order valence-electron chi connectivity index (χ3n) is 6.67. The van der Waals surface area contributed by atoms with Crippen molar-refractivity contribution in [1.29, 1.82) is 0 Å². The molecule has 3 aromatic rings. The van der Waals surface area contributed by atoms with Crippen LogP contribution < -0.4 is 15.4 Å². The van der Waals surface area contributed by atoms with Crippen molar-refractivity contribution in [3.63, 3.8) is 0 Å². The largest absolute Gasteiger partial charge is 0.467 e. The fourth-order valence-electron chi connectivity index (χ4n) is 4.72. The molecule has 9 heteroatoms. The van der Waals surface area contributed by atoms with Gasteiger partial charge in [0.1, 0.15) is 29.2 Å². The Morgan fingerprint density at radius 2 is 1.59 bits per heavy atom. The van der Waals surface area contributed by atoms with Crippen molar-refractivity contribution in [2.24, 2.45) is 0 Å². The Morgan fingerprint density at radius 3 is 2.32 bits per heavy atom. The van der Waals surface area contributed by atoms with Gasteiger partial charge in [-0.05, 0) is 56.9 Å². The van der Waals surface area contributed by atoms with Gasteiger partial charge in [-0.3, -0.25) is 0 Å². The highest BCUT2D eigenvalue weighted by Crippen LogP contribution is 2.38. The number of alkyl carbamates (subject to hydrolysis) is 2. The van der Waals surface area contributed by atoms with E-state index in [0.29, 0.717) is 24.3 Å². The van der Waals surface area contributed by atoms with Gasteiger partial charge in [-0.15, -0.1) is 0 Å². The summed E-state index contributed by atoms with van der Waals surface area (Å²) in [5.74, 6) is 0.529. The number of methoxy groups -OCH3 is 1. The van der Waals surface area contributed by atoms with Crippen LogP contribution in [0, 0.1) is 0 Å². The second kappa shape index (κ2) is 12.8. The molecular weight excluding hydrogens is 524 g/mol. The smallest absolute Gasteiger partial charge is 0.408 e. The molecule has 9 nitrogen and oxygen atoms in total. The predicted octanol–water partition coefficient (Wildman–Crippen LogP) is 5.83. The summed E-state index contributed by atoms with van der Waals surface area (Å²) in [6, 6.07) is 22.5. The van der Waals surface area contributed by atoms with E-state index >= 15 is 0 Å². The van der Waals surface area contributed by atoms with Gasteiger partial charge in [-0.25, -0.2) is 14.4 Å². The van der Waals surface area contributed by atoms with Gasteiger partial charge in [0.25, 0.3) is 0 Å². The number of benzene rings is 3. The Kier molecular flexibility index (Phi) is 9.17. The second-order valence-electron chi connectivity index (χ2n) is 10.9. The SMILES string of the molecule is COC(=O)[C@@]1(NC(=O)OC(C)(C)C)CCc2cccc(Oc3ccccc3CNC(=O)OCc3ccccc3)c2C1. The quantitative estimate of drug-likeness (QED) is 0.263. The summed E-state index contributed by atoms with van der Waals surface area (Å²) in [7, 11) is 1.30. The molecule has 216 valence electrons. The number of para-hydroxylation sites is 1. The van der Waals surface area contributed by atoms with Gasteiger partial charge in [-0.2, -0.15) is 0 Å². The minimum atomic E-state index is -1.31. The number of esters is 1. The molecular formula is C32H36N2O7. The van der Waals surface area contributed by atoms with E-state index in [4.69, 9.17) is 18.9 Å². The minimum Gasteiger partial charge on any atom is -0.467 e. The molecule has 3 aromatic carbocycles. The van der Waals surface area contributed by atoms with E-state index in [-0.39, 0.29) is 19.6 Å². The van der Waals surface area contributed by atoms with Crippen molar-refractivity contribution in [3.8, 4) is 11.5 Å². The molecule has 2 N–H and O–H groups in total. The topological polar surface area (TPSA) is 112 Å². The summed E-state index contributed by atoms with van der Waals surface area (Å²) in [6.07, 6.45) is -0.206. The molecule has 0 fully saturated rings. The molecule has 0 unspecified atom stereocenters. The van der Waals surface area contributed by atoms with Crippen LogP contribution in [0.15, 0.2) is 72.8 Å². The van der Waals surface area contributed by atoms with E-state index in [0.717, 1.165) is 22.3 Å². The summed E-state index contributed by atoms with van der Waals surface area (Å²) in [5.41, 5.74) is 1.38. The molecule has 0 aromatic heterocycles. The first kappa shape index (κ1) is 29.5. The van der Waals surface area contributed by atoms with Gasteiger partial charge in [0.2, 0.25) is 0 Å². The van der Waals surface area contributed by atoms with Gasteiger partial charge in [-0.1, -0.05) is 60.7 Å². The summed E-state index contributed by atoms with van der Waals surface area (Å²) < 4.78 is 22.3. The van der Waals surface area contributed by atoms with Gasteiger partial charge >= 0.3 is 18.2 Å². The van der Waals surface area contributed by atoms with Crippen LogP contribution in [0.1, 0.15) is 49.4 Å². The van der Waals surface area contributed by atoms with Crippen LogP contribution in [-0.4, -0.2) is 36.4 Å². The Labute approximate surface area is 240 Å². The number of hydrogen-bond donors (Lipinski definition) is 2. The molecule has 4 rings (SSSR count). The fraction of sp³-hybridized carbons (Fsp3) is 0.344. The lowest BCUT2D eigenvalue weighted by Gasteiger charge is -2.37. The first-order valence-electron chi connectivity index (χ1n) is 13.5. The zero-order valence-corrected chi connectivity index (χ0v) is 23.8. The molecule has 0 spiro atoms. The number of ether oxygens (including phenoxy) is 4. The highest BCUT2D eigenvalue weighted by molar-refractivity contribution is 5.87. The molecule has 0 aliphatic heterocycles. The van der Waals surface area contributed by atoms with E-state index in [1.807, 2.05) is 66.7 Å². The monoisotopic (exact) mass is 560 g/mol. The Hall–Kier alpha value is -4.53. The van der Waals surface area contributed by atoms with Crippen molar-refractivity contribution in [2.75, 3.05) is 7.11 Å². The molecule has 0 heterocycles. The van der Waals surface area contributed by atoms with Gasteiger partial charge < -0.3 is 29.6 Å². The van der Waals surface area contributed by atoms with Gasteiger partial charge in [0.15, 0.2) is 0 Å². The maximum Gasteiger partial charge on any atom is 0.408 e. The van der Waals surface area contributed by atoms with Crippen LogP contribution in [0.25, 0.3) is 0 Å². The van der Waals surface area contributed by atoms with Crippen LogP contribution >= 0.6 is 0 Å². The normalized spacial score (nSPS) is 16.1. The van der Waals surface area contributed by atoms with Crippen LogP contribution in [-0.2, 0) is 45.0 Å². The van der Waals surface area contributed by atoms with Crippen LogP contribution in [0.3, 0.4) is 0 Å². The van der Waals surface area contributed by atoms with Gasteiger partial charge in [0, 0.05) is 24.1 Å². The number of rotatable bonds is 8. The maximum absolute atomic E-state index is 13.0. The van der Waals surface area contributed by atoms with E-state index < -0.39 is 29.3 Å². The fourth-order valence-corrected chi connectivity index (χ4v) is 4.72. The summed E-state index contributed by atoms with van der Waals surface area (Å²) in [5, 5.41) is 5.56. The lowest BCUT2D eigenvalue weighted by molar-refractivity contribution is -0.149. The predicted molar refractivity (Wildman–Crippen MR) is 153 cm³/mol. The van der Waals surface area contributed by atoms with Crippen LogP contribution in [0.5, 0.6) is 11.5 Å². The van der Waals surface area contributed by atoms with Crippen molar-refractivity contribution in [2.45, 2.75) is 64.3 Å². The molecule has 1 aliphatic rings. The first-order valence-corrected chi connectivity index (χ1v) is 13.5. The number of fused-ring (bicyclic) bond motifs is 1. The van der Waals surface area contributed by atoms with Crippen molar-refractivity contribution in [1.82, 2.24) is 10.6 Å². The average molecular weight is 561 g/mol. The highest BCUT2D eigenvalue weighted by Gasteiger charge is 2.45. The summed E-state index contributed by atoms with van der Waals surface area (Å²) in [4.78, 5) is 38.1. The number of nitrogens with one attached hydrogen (secondary N) is 2. The average Bonchev–Trinajstić information content (AvgIpc) is 2.95. The Morgan fingerprint density at radius 1 is 0.878 bits per heavy atom. The summed E-state index contributed by atoms with van der Waals surface area (Å²) in [6.45, 7) is 5.63. The Balaban J connectivity index is 1.50. The third-order valence-corrected chi connectivity index (χ3v) is 6.67. The highest BCUT2D eigenvalue weighted by atomic mass is 16.6. The lowest BCUT2D eigenvalue weighted by atomic mass is 9.77. The van der Waals surface area contributed by atoms with Gasteiger partial charge in [0.05, 0.1) is 7.11 Å².